The first kappa shape index (κ1) is 28.4. The van der Waals surface area contributed by atoms with Crippen molar-refractivity contribution >= 4 is 49.4 Å². The summed E-state index contributed by atoms with van der Waals surface area (Å²) >= 11 is 0. The highest BCUT2D eigenvalue weighted by molar-refractivity contribution is 6.25. The molecule has 9 aromatic rings. The second-order valence-electron chi connectivity index (χ2n) is 12.9. The van der Waals surface area contributed by atoms with Gasteiger partial charge in [-0.05, 0) is 114 Å². The Balaban J connectivity index is 1.25. The van der Waals surface area contributed by atoms with Crippen LogP contribution >= 0.6 is 0 Å². The fraction of sp³-hybridized carbons (Fsp3) is 0. The molecule has 0 fully saturated rings. The molecule has 2 heteroatoms. The predicted octanol–water partition coefficient (Wildman–Crippen LogP) is 13.7. The third-order valence-corrected chi connectivity index (χ3v) is 10.0. The molecule has 10 rings (SSSR count). The van der Waals surface area contributed by atoms with Gasteiger partial charge in [0, 0.05) is 5.69 Å². The van der Waals surface area contributed by atoms with Crippen molar-refractivity contribution in [2.45, 2.75) is 0 Å². The number of nitrogens with zero attached hydrogens (tertiary/aromatic N) is 1. The molecule has 0 N–H and O–H groups in total. The first-order valence-electron chi connectivity index (χ1n) is 17.1. The lowest BCUT2D eigenvalue weighted by Crippen LogP contribution is -2.15. The second kappa shape index (κ2) is 11.5. The van der Waals surface area contributed by atoms with Crippen LogP contribution in [-0.2, 0) is 0 Å². The predicted molar refractivity (Wildman–Crippen MR) is 210 cm³/mol. The van der Waals surface area contributed by atoms with E-state index in [1.165, 1.54) is 54.6 Å². The van der Waals surface area contributed by atoms with Crippen molar-refractivity contribution in [1.29, 1.82) is 0 Å². The summed E-state index contributed by atoms with van der Waals surface area (Å²) in [6, 6.07) is 67.6. The first-order chi connectivity index (χ1) is 24.8. The number of rotatable bonds is 4. The maximum Gasteiger partial charge on any atom is 0.151 e. The van der Waals surface area contributed by atoms with E-state index >= 15 is 0 Å². The van der Waals surface area contributed by atoms with Crippen molar-refractivity contribution in [3.05, 3.63) is 188 Å². The number of benzene rings is 9. The maximum absolute atomic E-state index is 6.42. The van der Waals surface area contributed by atoms with E-state index in [0.29, 0.717) is 0 Å². The minimum Gasteiger partial charge on any atom is -0.453 e. The summed E-state index contributed by atoms with van der Waals surface area (Å²) in [7, 11) is 0. The molecular formula is C48H31NO. The van der Waals surface area contributed by atoms with Gasteiger partial charge in [0.25, 0.3) is 0 Å². The molecule has 0 spiro atoms. The van der Waals surface area contributed by atoms with Crippen molar-refractivity contribution in [3.63, 3.8) is 0 Å². The fourth-order valence-corrected chi connectivity index (χ4v) is 7.74. The SMILES string of the molecule is c1ccc(-c2ccccc2-c2cc(-c3ccc4c5ccccc5c5ccccc5c4c3)cc(N3c4ccccc4Oc4ccccc43)c2)cc1. The molecule has 0 saturated heterocycles. The molecule has 234 valence electrons. The Bertz CT molecular complexity index is 2670. The normalized spacial score (nSPS) is 12.1. The van der Waals surface area contributed by atoms with Crippen LogP contribution in [0.4, 0.5) is 17.1 Å². The van der Waals surface area contributed by atoms with Gasteiger partial charge >= 0.3 is 0 Å². The highest BCUT2D eigenvalue weighted by Crippen LogP contribution is 2.51. The molecule has 0 saturated carbocycles. The quantitative estimate of drug-likeness (QED) is 0.178. The van der Waals surface area contributed by atoms with Gasteiger partial charge in [-0.2, -0.15) is 0 Å². The van der Waals surface area contributed by atoms with Crippen molar-refractivity contribution in [2.24, 2.45) is 0 Å². The second-order valence-corrected chi connectivity index (χ2v) is 12.9. The third-order valence-electron chi connectivity index (χ3n) is 10.0. The Hall–Kier alpha value is -6.64. The largest absolute Gasteiger partial charge is 0.453 e. The Morgan fingerprint density at radius 1 is 0.300 bits per heavy atom. The van der Waals surface area contributed by atoms with E-state index in [2.05, 4.69) is 169 Å². The summed E-state index contributed by atoms with van der Waals surface area (Å²) in [5.74, 6) is 1.68. The molecule has 1 heterocycles. The number of hydrogen-bond acceptors (Lipinski definition) is 2. The summed E-state index contributed by atoms with van der Waals surface area (Å²) in [5, 5.41) is 7.64. The summed E-state index contributed by atoms with van der Waals surface area (Å²) < 4.78 is 6.42. The molecule has 0 aliphatic carbocycles. The third kappa shape index (κ3) is 4.57. The van der Waals surface area contributed by atoms with E-state index in [-0.39, 0.29) is 0 Å². The minimum absolute atomic E-state index is 0.840. The monoisotopic (exact) mass is 637 g/mol. The molecule has 0 bridgehead atoms. The Labute approximate surface area is 291 Å². The van der Waals surface area contributed by atoms with Crippen LogP contribution in [0.15, 0.2) is 188 Å². The zero-order valence-electron chi connectivity index (χ0n) is 27.3. The van der Waals surface area contributed by atoms with Crippen molar-refractivity contribution in [2.75, 3.05) is 4.90 Å². The van der Waals surface area contributed by atoms with Crippen molar-refractivity contribution in [3.8, 4) is 44.9 Å². The fourth-order valence-electron chi connectivity index (χ4n) is 7.74. The average Bonchev–Trinajstić information content (AvgIpc) is 3.20. The van der Waals surface area contributed by atoms with Crippen LogP contribution in [0.2, 0.25) is 0 Å². The molecule has 0 atom stereocenters. The molecule has 0 unspecified atom stereocenters. The topological polar surface area (TPSA) is 12.5 Å². The lowest BCUT2D eigenvalue weighted by atomic mass is 9.89. The number of para-hydroxylation sites is 4. The molecule has 0 amide bonds. The molecular weight excluding hydrogens is 607 g/mol. The smallest absolute Gasteiger partial charge is 0.151 e. The van der Waals surface area contributed by atoms with Crippen LogP contribution in [0.3, 0.4) is 0 Å². The molecule has 0 radical (unpaired) electrons. The standard InChI is InChI=1S/C48H31NO/c1-2-14-32(15-3-1)37-16-4-5-17-38(37)35-28-34(29-36(30-35)49-45-22-10-12-24-47(45)50-48-25-13-11-23-46(48)49)33-26-27-43-41-20-7-6-18-39(41)40-19-8-9-21-42(40)44(43)31-33/h1-31H. The van der Waals surface area contributed by atoms with Gasteiger partial charge < -0.3 is 9.64 Å². The lowest BCUT2D eigenvalue weighted by Gasteiger charge is -2.33. The molecule has 50 heavy (non-hydrogen) atoms. The van der Waals surface area contributed by atoms with E-state index in [1.807, 2.05) is 24.3 Å². The molecule has 9 aromatic carbocycles. The summed E-state index contributed by atoms with van der Waals surface area (Å²) in [6.07, 6.45) is 0. The number of fused-ring (bicyclic) bond motifs is 8. The number of ether oxygens (including phenoxy) is 1. The highest BCUT2D eigenvalue weighted by atomic mass is 16.5. The summed E-state index contributed by atoms with van der Waals surface area (Å²) in [6.45, 7) is 0. The molecule has 2 nitrogen and oxygen atoms in total. The highest BCUT2D eigenvalue weighted by Gasteiger charge is 2.26. The van der Waals surface area contributed by atoms with Gasteiger partial charge in [0.1, 0.15) is 0 Å². The molecule has 0 aromatic heterocycles. The van der Waals surface area contributed by atoms with E-state index in [9.17, 15) is 0 Å². The van der Waals surface area contributed by atoms with Crippen LogP contribution in [0.1, 0.15) is 0 Å². The zero-order valence-corrected chi connectivity index (χ0v) is 27.3. The van der Waals surface area contributed by atoms with Crippen LogP contribution < -0.4 is 9.64 Å². The van der Waals surface area contributed by atoms with Crippen molar-refractivity contribution < 1.29 is 4.74 Å². The van der Waals surface area contributed by atoms with Gasteiger partial charge in [-0.25, -0.2) is 0 Å². The van der Waals surface area contributed by atoms with Gasteiger partial charge in [-0.1, -0.05) is 140 Å². The molecule has 1 aliphatic heterocycles. The van der Waals surface area contributed by atoms with Gasteiger partial charge in [-0.3, -0.25) is 0 Å². The number of hydrogen-bond donors (Lipinski definition) is 0. The molecule has 1 aliphatic rings. The average molecular weight is 638 g/mol. The van der Waals surface area contributed by atoms with E-state index < -0.39 is 0 Å². The minimum atomic E-state index is 0.840. The van der Waals surface area contributed by atoms with E-state index in [1.54, 1.807) is 0 Å². The van der Waals surface area contributed by atoms with Crippen LogP contribution in [0.25, 0.3) is 65.7 Å². The summed E-state index contributed by atoms with van der Waals surface area (Å²) in [5.41, 5.74) is 10.2. The lowest BCUT2D eigenvalue weighted by molar-refractivity contribution is 0.477. The van der Waals surface area contributed by atoms with Gasteiger partial charge in [0.05, 0.1) is 11.4 Å². The van der Waals surface area contributed by atoms with Gasteiger partial charge in [0.15, 0.2) is 11.5 Å². The number of anilines is 3. The Kier molecular flexibility index (Phi) is 6.53. The van der Waals surface area contributed by atoms with Crippen molar-refractivity contribution in [1.82, 2.24) is 0 Å². The Morgan fingerprint density at radius 3 is 1.42 bits per heavy atom. The first-order valence-corrected chi connectivity index (χ1v) is 17.1. The van der Waals surface area contributed by atoms with Gasteiger partial charge in [0.2, 0.25) is 0 Å². The van der Waals surface area contributed by atoms with Crippen LogP contribution in [0.5, 0.6) is 11.5 Å². The summed E-state index contributed by atoms with van der Waals surface area (Å²) in [4.78, 5) is 2.34. The maximum atomic E-state index is 6.42. The van der Waals surface area contributed by atoms with Gasteiger partial charge in [-0.15, -0.1) is 0 Å². The van der Waals surface area contributed by atoms with E-state index in [0.717, 1.165) is 39.7 Å². The zero-order chi connectivity index (χ0) is 33.0. The van der Waals surface area contributed by atoms with Crippen LogP contribution in [-0.4, -0.2) is 0 Å². The Morgan fingerprint density at radius 2 is 0.780 bits per heavy atom. The van der Waals surface area contributed by atoms with Crippen LogP contribution in [0, 0.1) is 0 Å². The van der Waals surface area contributed by atoms with E-state index in [4.69, 9.17) is 4.74 Å².